The smallest absolute Gasteiger partial charge is 0.216 e. The first-order chi connectivity index (χ1) is 10.6. The lowest BCUT2D eigenvalue weighted by atomic mass is 10.2. The third-order valence-electron chi connectivity index (χ3n) is 3.55. The molecule has 0 radical (unpaired) electrons. The molecule has 0 atom stereocenters. The van der Waals surface area contributed by atoms with Crippen LogP contribution in [0.1, 0.15) is 6.92 Å². The van der Waals surface area contributed by atoms with Crippen molar-refractivity contribution in [3.8, 4) is 0 Å². The molecule has 0 spiro atoms. The van der Waals surface area contributed by atoms with Gasteiger partial charge in [-0.2, -0.15) is 0 Å². The van der Waals surface area contributed by atoms with Crippen LogP contribution in [0.15, 0.2) is 29.3 Å². The first-order valence-corrected chi connectivity index (χ1v) is 7.36. The van der Waals surface area contributed by atoms with Crippen LogP contribution in [0.3, 0.4) is 0 Å². The normalized spacial score (nSPS) is 15.8. The molecule has 1 aromatic rings. The number of piperazine rings is 1. The summed E-state index contributed by atoms with van der Waals surface area (Å²) in [5, 5.41) is 2.68. The number of nitrogens with one attached hydrogen (secondary N) is 1. The molecule has 0 unspecified atom stereocenters. The van der Waals surface area contributed by atoms with Gasteiger partial charge in [0.2, 0.25) is 5.91 Å². The largest absolute Gasteiger partial charge is 0.370 e. The number of nitrogens with two attached hydrogens (primary N) is 1. The highest BCUT2D eigenvalue weighted by Gasteiger charge is 2.18. The lowest BCUT2D eigenvalue weighted by Crippen LogP contribution is -2.51. The number of benzene rings is 1. The van der Waals surface area contributed by atoms with E-state index in [1.54, 1.807) is 12.1 Å². The quantitative estimate of drug-likeness (QED) is 0.480. The van der Waals surface area contributed by atoms with E-state index in [9.17, 15) is 9.18 Å². The molecule has 6 nitrogen and oxygen atoms in total. The van der Waals surface area contributed by atoms with Gasteiger partial charge in [-0.3, -0.25) is 9.79 Å². The predicted octanol–water partition coefficient (Wildman–Crippen LogP) is 0.399. The van der Waals surface area contributed by atoms with E-state index < -0.39 is 0 Å². The number of hydrogen-bond acceptors (Lipinski definition) is 3. The standard InChI is InChI=1S/C15H22FN5O/c1-12(22)18-6-7-19-15(17)21-10-8-20(9-11-21)14-4-2-13(16)3-5-14/h2-5H,6-11H2,1H3,(H2,17,19)(H,18,22). The third kappa shape index (κ3) is 4.61. The van der Waals surface area contributed by atoms with E-state index >= 15 is 0 Å². The number of nitrogens with zero attached hydrogens (tertiary/aromatic N) is 3. The van der Waals surface area contributed by atoms with Crippen molar-refractivity contribution in [3.63, 3.8) is 0 Å². The van der Waals surface area contributed by atoms with Gasteiger partial charge in [0, 0.05) is 45.3 Å². The number of halogens is 1. The average Bonchev–Trinajstić information content (AvgIpc) is 2.52. The zero-order valence-electron chi connectivity index (χ0n) is 12.8. The molecule has 0 bridgehead atoms. The summed E-state index contributed by atoms with van der Waals surface area (Å²) >= 11 is 0. The summed E-state index contributed by atoms with van der Waals surface area (Å²) in [4.78, 5) is 19.2. The van der Waals surface area contributed by atoms with Crippen LogP contribution in [0.4, 0.5) is 10.1 Å². The fourth-order valence-corrected chi connectivity index (χ4v) is 2.35. The topological polar surface area (TPSA) is 74.0 Å². The van der Waals surface area contributed by atoms with Crippen molar-refractivity contribution < 1.29 is 9.18 Å². The maximum absolute atomic E-state index is 12.9. The number of anilines is 1. The molecule has 0 saturated carbocycles. The molecular formula is C15H22FN5O. The summed E-state index contributed by atoms with van der Waals surface area (Å²) < 4.78 is 12.9. The molecule has 7 heteroatoms. The van der Waals surface area contributed by atoms with Gasteiger partial charge in [0.25, 0.3) is 0 Å². The highest BCUT2D eigenvalue weighted by molar-refractivity contribution is 5.78. The zero-order valence-corrected chi connectivity index (χ0v) is 12.8. The van der Waals surface area contributed by atoms with Gasteiger partial charge in [0.15, 0.2) is 5.96 Å². The molecule has 0 aromatic heterocycles. The van der Waals surface area contributed by atoms with Crippen LogP contribution in [0.5, 0.6) is 0 Å². The molecule has 3 N–H and O–H groups in total. The van der Waals surface area contributed by atoms with Crippen molar-refractivity contribution >= 4 is 17.6 Å². The van der Waals surface area contributed by atoms with Crippen LogP contribution in [0.25, 0.3) is 0 Å². The first kappa shape index (κ1) is 16.1. The Morgan fingerprint density at radius 3 is 2.50 bits per heavy atom. The van der Waals surface area contributed by atoms with Crippen LogP contribution < -0.4 is 16.0 Å². The van der Waals surface area contributed by atoms with E-state index in [0.717, 1.165) is 31.9 Å². The lowest BCUT2D eigenvalue weighted by molar-refractivity contribution is -0.118. The van der Waals surface area contributed by atoms with Crippen molar-refractivity contribution in [1.82, 2.24) is 10.2 Å². The van der Waals surface area contributed by atoms with Gasteiger partial charge in [-0.05, 0) is 24.3 Å². The van der Waals surface area contributed by atoms with E-state index in [4.69, 9.17) is 5.73 Å². The van der Waals surface area contributed by atoms with Crippen molar-refractivity contribution in [2.75, 3.05) is 44.2 Å². The first-order valence-electron chi connectivity index (χ1n) is 7.36. The minimum atomic E-state index is -0.224. The van der Waals surface area contributed by atoms with Gasteiger partial charge < -0.3 is 20.9 Å². The van der Waals surface area contributed by atoms with Crippen LogP contribution in [0.2, 0.25) is 0 Å². The summed E-state index contributed by atoms with van der Waals surface area (Å²) in [5.74, 6) is 0.212. The van der Waals surface area contributed by atoms with Gasteiger partial charge in [0.1, 0.15) is 5.82 Å². The molecule has 1 saturated heterocycles. The zero-order chi connectivity index (χ0) is 15.9. The molecule has 1 heterocycles. The molecule has 1 aromatic carbocycles. The Morgan fingerprint density at radius 1 is 1.27 bits per heavy atom. The fourth-order valence-electron chi connectivity index (χ4n) is 2.35. The van der Waals surface area contributed by atoms with Crippen molar-refractivity contribution in [2.45, 2.75) is 6.92 Å². The van der Waals surface area contributed by atoms with Crippen molar-refractivity contribution in [1.29, 1.82) is 0 Å². The van der Waals surface area contributed by atoms with Crippen molar-refractivity contribution in [3.05, 3.63) is 30.1 Å². The number of rotatable bonds is 4. The van der Waals surface area contributed by atoms with Crippen LogP contribution in [0, 0.1) is 5.82 Å². The summed E-state index contributed by atoms with van der Waals surface area (Å²) in [7, 11) is 0. The van der Waals surface area contributed by atoms with E-state index in [1.807, 2.05) is 4.90 Å². The van der Waals surface area contributed by atoms with Crippen LogP contribution in [-0.4, -0.2) is 56.0 Å². The van der Waals surface area contributed by atoms with Crippen LogP contribution >= 0.6 is 0 Å². The van der Waals surface area contributed by atoms with E-state index in [0.29, 0.717) is 19.0 Å². The molecule has 1 aliphatic heterocycles. The number of carbonyl (C=O) groups is 1. The second-order valence-corrected chi connectivity index (χ2v) is 5.17. The molecular weight excluding hydrogens is 285 g/mol. The monoisotopic (exact) mass is 307 g/mol. The minimum Gasteiger partial charge on any atom is -0.370 e. The maximum atomic E-state index is 12.9. The average molecular weight is 307 g/mol. The summed E-state index contributed by atoms with van der Waals surface area (Å²) in [6, 6.07) is 6.52. The molecule has 1 fully saturated rings. The van der Waals surface area contributed by atoms with Gasteiger partial charge in [0.05, 0.1) is 6.54 Å². The Bertz CT molecular complexity index is 523. The Balaban J connectivity index is 1.79. The van der Waals surface area contributed by atoms with E-state index in [2.05, 4.69) is 15.2 Å². The molecule has 2 rings (SSSR count). The Morgan fingerprint density at radius 2 is 1.91 bits per heavy atom. The molecule has 22 heavy (non-hydrogen) atoms. The maximum Gasteiger partial charge on any atom is 0.216 e. The summed E-state index contributed by atoms with van der Waals surface area (Å²) in [5.41, 5.74) is 6.98. The van der Waals surface area contributed by atoms with Gasteiger partial charge in [-0.1, -0.05) is 0 Å². The lowest BCUT2D eigenvalue weighted by Gasteiger charge is -2.36. The van der Waals surface area contributed by atoms with Gasteiger partial charge >= 0.3 is 0 Å². The predicted molar refractivity (Wildman–Crippen MR) is 85.4 cm³/mol. The van der Waals surface area contributed by atoms with Crippen LogP contribution in [-0.2, 0) is 4.79 Å². The fraction of sp³-hybridized carbons (Fsp3) is 0.467. The molecule has 1 amide bonds. The number of aliphatic imine (C=N–C) groups is 1. The highest BCUT2D eigenvalue weighted by atomic mass is 19.1. The highest BCUT2D eigenvalue weighted by Crippen LogP contribution is 2.16. The van der Waals surface area contributed by atoms with Gasteiger partial charge in [-0.25, -0.2) is 4.39 Å². The SMILES string of the molecule is CC(=O)NCCN=C(N)N1CCN(c2ccc(F)cc2)CC1. The second-order valence-electron chi connectivity index (χ2n) is 5.17. The van der Waals surface area contributed by atoms with E-state index in [1.165, 1.54) is 19.1 Å². The molecule has 1 aliphatic rings. The minimum absolute atomic E-state index is 0.0679. The third-order valence-corrected chi connectivity index (χ3v) is 3.55. The van der Waals surface area contributed by atoms with E-state index in [-0.39, 0.29) is 11.7 Å². The molecule has 0 aliphatic carbocycles. The number of hydrogen-bond donors (Lipinski definition) is 2. The number of amides is 1. The Hall–Kier alpha value is -2.31. The Labute approximate surface area is 129 Å². The Kier molecular flexibility index (Phi) is 5.57. The number of guanidine groups is 1. The van der Waals surface area contributed by atoms with Gasteiger partial charge in [-0.15, -0.1) is 0 Å². The summed E-state index contributed by atoms with van der Waals surface area (Å²) in [6.07, 6.45) is 0. The number of carbonyl (C=O) groups excluding carboxylic acids is 1. The second kappa shape index (κ2) is 7.63. The summed E-state index contributed by atoms with van der Waals surface area (Å²) in [6.45, 7) is 5.61. The van der Waals surface area contributed by atoms with Crippen molar-refractivity contribution in [2.24, 2.45) is 10.7 Å². The molecule has 120 valence electrons.